The predicted molar refractivity (Wildman–Crippen MR) is 76.9 cm³/mol. The van der Waals surface area contributed by atoms with Crippen LogP contribution in [0.1, 0.15) is 59.4 Å². The van der Waals surface area contributed by atoms with Crippen LogP contribution in [-0.4, -0.2) is 23.0 Å². The number of carbonyl (C=O) groups excluding carboxylic acids is 1. The van der Waals surface area contributed by atoms with Crippen LogP contribution < -0.4 is 5.32 Å². The Morgan fingerprint density at radius 3 is 2.37 bits per heavy atom. The van der Waals surface area contributed by atoms with Gasteiger partial charge in [-0.3, -0.25) is 4.79 Å². The zero-order chi connectivity index (χ0) is 14.4. The molecule has 0 fully saturated rings. The van der Waals surface area contributed by atoms with E-state index in [2.05, 4.69) is 19.2 Å². The Kier molecular flexibility index (Phi) is 6.02. The van der Waals surface area contributed by atoms with E-state index in [9.17, 15) is 9.59 Å². The molecule has 0 radical (unpaired) electrons. The first kappa shape index (κ1) is 15.7. The molecular formula is C14H21NO3S. The molecule has 19 heavy (non-hydrogen) atoms. The Balaban J connectivity index is 2.42. The molecular weight excluding hydrogens is 262 g/mol. The summed E-state index contributed by atoms with van der Waals surface area (Å²) in [6.07, 6.45) is 3.19. The number of carboxylic acid groups (broad SMARTS) is 1. The molecule has 0 aliphatic rings. The van der Waals surface area contributed by atoms with Gasteiger partial charge in [0.25, 0.3) is 5.91 Å². The molecule has 106 valence electrons. The van der Waals surface area contributed by atoms with Gasteiger partial charge in [-0.2, -0.15) is 0 Å². The van der Waals surface area contributed by atoms with Crippen molar-refractivity contribution in [3.8, 4) is 0 Å². The summed E-state index contributed by atoms with van der Waals surface area (Å²) in [6.45, 7) is 6.34. The number of hydrogen-bond acceptors (Lipinski definition) is 3. The van der Waals surface area contributed by atoms with Crippen LogP contribution in [0, 0.1) is 5.92 Å². The number of hydrogen-bond donors (Lipinski definition) is 2. The van der Waals surface area contributed by atoms with Gasteiger partial charge >= 0.3 is 5.97 Å². The summed E-state index contributed by atoms with van der Waals surface area (Å²) in [5, 5.41) is 11.7. The lowest BCUT2D eigenvalue weighted by molar-refractivity contribution is 0.0702. The predicted octanol–water partition coefficient (Wildman–Crippen LogP) is 3.39. The van der Waals surface area contributed by atoms with Crippen molar-refractivity contribution in [1.29, 1.82) is 0 Å². The molecule has 1 rings (SSSR count). The van der Waals surface area contributed by atoms with Gasteiger partial charge in [-0.25, -0.2) is 4.79 Å². The van der Waals surface area contributed by atoms with E-state index in [0.717, 1.165) is 30.6 Å². The average Bonchev–Trinajstić information content (AvgIpc) is 2.77. The third kappa shape index (κ3) is 5.42. The van der Waals surface area contributed by atoms with Gasteiger partial charge in [-0.15, -0.1) is 11.3 Å². The molecule has 1 unspecified atom stereocenters. The molecule has 0 saturated heterocycles. The average molecular weight is 283 g/mol. The first-order valence-electron chi connectivity index (χ1n) is 6.54. The number of amides is 1. The largest absolute Gasteiger partial charge is 0.477 e. The lowest BCUT2D eigenvalue weighted by atomic mass is 10.0. The molecule has 5 heteroatoms. The maximum atomic E-state index is 11.9. The van der Waals surface area contributed by atoms with Gasteiger partial charge in [-0.1, -0.05) is 26.7 Å². The number of carbonyl (C=O) groups is 2. The number of nitrogens with one attached hydrogen (secondary N) is 1. The molecule has 0 bridgehead atoms. The normalized spacial score (nSPS) is 12.4. The zero-order valence-corrected chi connectivity index (χ0v) is 12.4. The molecule has 2 N–H and O–H groups in total. The van der Waals surface area contributed by atoms with Crippen molar-refractivity contribution < 1.29 is 14.7 Å². The number of thiophene rings is 1. The highest BCUT2D eigenvalue weighted by Gasteiger charge is 2.14. The van der Waals surface area contributed by atoms with E-state index in [1.54, 1.807) is 6.07 Å². The lowest BCUT2D eigenvalue weighted by Crippen LogP contribution is -2.31. The molecule has 0 saturated carbocycles. The van der Waals surface area contributed by atoms with E-state index < -0.39 is 5.97 Å². The standard InChI is InChI=1S/C14H21NO3S/c1-9(2)5-4-6-10(3)15-13(16)11-7-8-12(19-11)14(17)18/h7-10H,4-6H2,1-3H3,(H,15,16)(H,17,18). The van der Waals surface area contributed by atoms with E-state index in [4.69, 9.17) is 5.11 Å². The van der Waals surface area contributed by atoms with Gasteiger partial charge in [0.15, 0.2) is 0 Å². The van der Waals surface area contributed by atoms with E-state index in [-0.39, 0.29) is 16.8 Å². The fourth-order valence-corrected chi connectivity index (χ4v) is 2.52. The summed E-state index contributed by atoms with van der Waals surface area (Å²) >= 11 is 1.01. The highest BCUT2D eigenvalue weighted by Crippen LogP contribution is 2.17. The van der Waals surface area contributed by atoms with Crippen molar-refractivity contribution in [2.24, 2.45) is 5.92 Å². The number of rotatable bonds is 7. The van der Waals surface area contributed by atoms with Gasteiger partial charge in [0.2, 0.25) is 0 Å². The minimum absolute atomic E-state index is 0.113. The summed E-state index contributed by atoms with van der Waals surface area (Å²) in [6, 6.07) is 3.14. The van der Waals surface area contributed by atoms with Gasteiger partial charge in [0.05, 0.1) is 4.88 Å². The summed E-state index contributed by atoms with van der Waals surface area (Å²) in [7, 11) is 0. The van der Waals surface area contributed by atoms with Gasteiger partial charge < -0.3 is 10.4 Å². The maximum absolute atomic E-state index is 11.9. The molecule has 1 atom stereocenters. The molecule has 4 nitrogen and oxygen atoms in total. The zero-order valence-electron chi connectivity index (χ0n) is 11.6. The van der Waals surface area contributed by atoms with Crippen LogP contribution in [0.4, 0.5) is 0 Å². The van der Waals surface area contributed by atoms with Crippen molar-refractivity contribution in [3.63, 3.8) is 0 Å². The highest BCUT2D eigenvalue weighted by atomic mass is 32.1. The fourth-order valence-electron chi connectivity index (χ4n) is 1.77. The van der Waals surface area contributed by atoms with Crippen LogP contribution in [0.25, 0.3) is 0 Å². The fraction of sp³-hybridized carbons (Fsp3) is 0.571. The van der Waals surface area contributed by atoms with E-state index >= 15 is 0 Å². The first-order chi connectivity index (χ1) is 8.90. The van der Waals surface area contributed by atoms with Crippen molar-refractivity contribution in [2.75, 3.05) is 0 Å². The van der Waals surface area contributed by atoms with Crippen molar-refractivity contribution >= 4 is 23.2 Å². The quantitative estimate of drug-likeness (QED) is 0.806. The minimum Gasteiger partial charge on any atom is -0.477 e. The van der Waals surface area contributed by atoms with Gasteiger partial charge in [0.1, 0.15) is 4.88 Å². The Labute approximate surface area is 117 Å². The molecule has 0 aliphatic heterocycles. The van der Waals surface area contributed by atoms with Crippen molar-refractivity contribution in [2.45, 2.75) is 46.1 Å². The molecule has 1 amide bonds. The second-order valence-electron chi connectivity index (χ2n) is 5.17. The van der Waals surface area contributed by atoms with Crippen LogP contribution in [0.2, 0.25) is 0 Å². The summed E-state index contributed by atoms with van der Waals surface area (Å²) < 4.78 is 0. The smallest absolute Gasteiger partial charge is 0.345 e. The topological polar surface area (TPSA) is 66.4 Å². The number of carboxylic acids is 1. The van der Waals surface area contributed by atoms with E-state index in [1.807, 2.05) is 6.92 Å². The molecule has 1 aromatic rings. The monoisotopic (exact) mass is 283 g/mol. The maximum Gasteiger partial charge on any atom is 0.345 e. The van der Waals surface area contributed by atoms with Crippen LogP contribution >= 0.6 is 11.3 Å². The lowest BCUT2D eigenvalue weighted by Gasteiger charge is -2.13. The Morgan fingerprint density at radius 2 is 1.84 bits per heavy atom. The van der Waals surface area contributed by atoms with Crippen LogP contribution in [-0.2, 0) is 0 Å². The summed E-state index contributed by atoms with van der Waals surface area (Å²) in [5.74, 6) is -0.498. The Bertz CT molecular complexity index is 440. The highest BCUT2D eigenvalue weighted by molar-refractivity contribution is 7.15. The number of aromatic carboxylic acids is 1. The summed E-state index contributed by atoms with van der Waals surface area (Å²) in [4.78, 5) is 23.3. The molecule has 0 spiro atoms. The van der Waals surface area contributed by atoms with Gasteiger partial charge in [-0.05, 0) is 31.4 Å². The SMILES string of the molecule is CC(C)CCCC(C)NC(=O)c1ccc(C(=O)O)s1. The van der Waals surface area contributed by atoms with Crippen LogP contribution in [0.15, 0.2) is 12.1 Å². The van der Waals surface area contributed by atoms with Crippen molar-refractivity contribution in [1.82, 2.24) is 5.32 Å². The van der Waals surface area contributed by atoms with Crippen molar-refractivity contribution in [3.05, 3.63) is 21.9 Å². The van der Waals surface area contributed by atoms with Crippen LogP contribution in [0.5, 0.6) is 0 Å². The first-order valence-corrected chi connectivity index (χ1v) is 7.35. The molecule has 1 aromatic heterocycles. The third-order valence-electron chi connectivity index (χ3n) is 2.84. The third-order valence-corrected chi connectivity index (χ3v) is 3.91. The Morgan fingerprint density at radius 1 is 1.21 bits per heavy atom. The molecule has 0 aromatic carbocycles. The second-order valence-corrected chi connectivity index (χ2v) is 6.25. The Hall–Kier alpha value is -1.36. The van der Waals surface area contributed by atoms with E-state index in [0.29, 0.717) is 10.8 Å². The van der Waals surface area contributed by atoms with Crippen LogP contribution in [0.3, 0.4) is 0 Å². The minimum atomic E-state index is -0.992. The molecule has 1 heterocycles. The summed E-state index contributed by atoms with van der Waals surface area (Å²) in [5.41, 5.74) is 0. The molecule has 0 aliphatic carbocycles. The second kappa shape index (κ2) is 7.28. The van der Waals surface area contributed by atoms with E-state index in [1.165, 1.54) is 6.07 Å². The van der Waals surface area contributed by atoms with Gasteiger partial charge in [0, 0.05) is 6.04 Å².